The van der Waals surface area contributed by atoms with Gasteiger partial charge in [0.25, 0.3) is 0 Å². The zero-order valence-electron chi connectivity index (χ0n) is 24.9. The van der Waals surface area contributed by atoms with E-state index in [4.69, 9.17) is 59.1 Å². The number of thioether (sulfide) groups is 1. The van der Waals surface area contributed by atoms with E-state index in [1.807, 2.05) is 13.8 Å². The topological polar surface area (TPSA) is 144 Å². The number of hydrogen-bond acceptors (Lipinski definition) is 13. The van der Waals surface area contributed by atoms with Crippen LogP contribution in [-0.2, 0) is 47.7 Å². The summed E-state index contributed by atoms with van der Waals surface area (Å²) in [4.78, 5) is 61.6. The molecule has 1 heterocycles. The number of ether oxygens (including phenoxy) is 5. The van der Waals surface area contributed by atoms with Crippen molar-refractivity contribution < 1.29 is 47.7 Å². The van der Waals surface area contributed by atoms with Crippen LogP contribution < -0.4 is 5.32 Å². The van der Waals surface area contributed by atoms with Gasteiger partial charge in [0.2, 0.25) is 0 Å². The summed E-state index contributed by atoms with van der Waals surface area (Å²) in [6.45, 7) is 8.09. The molecule has 1 N–H and O–H groups in total. The Bertz CT molecular complexity index is 1380. The Morgan fingerprint density at radius 3 is 2.11 bits per heavy atom. The van der Waals surface area contributed by atoms with Crippen molar-refractivity contribution in [3.05, 3.63) is 39.5 Å². The Morgan fingerprint density at radius 1 is 0.955 bits per heavy atom. The third-order valence-electron chi connectivity index (χ3n) is 6.47. The molecule has 1 aliphatic heterocycles. The maximum atomic E-state index is 13.6. The zero-order chi connectivity index (χ0) is 32.9. The third-order valence-corrected chi connectivity index (χ3v) is 8.54. The Morgan fingerprint density at radius 2 is 1.55 bits per heavy atom. The number of hydrogen-bond donors (Lipinski definition) is 1. The Labute approximate surface area is 274 Å². The molecule has 0 spiro atoms. The van der Waals surface area contributed by atoms with Crippen LogP contribution in [0, 0.1) is 5.41 Å². The van der Waals surface area contributed by atoms with Gasteiger partial charge >= 0.3 is 23.9 Å². The lowest BCUT2D eigenvalue weighted by Gasteiger charge is -2.44. The quantitative estimate of drug-likeness (QED) is 0.206. The summed E-state index contributed by atoms with van der Waals surface area (Å²) in [5.74, 6) is -3.14. The average molecular weight is 691 g/mol. The van der Waals surface area contributed by atoms with E-state index in [9.17, 15) is 24.0 Å². The Balaban J connectivity index is 2.06. The fourth-order valence-corrected chi connectivity index (χ4v) is 6.95. The number of carbonyl (C=O) groups is 5. The van der Waals surface area contributed by atoms with Crippen molar-refractivity contribution in [3.8, 4) is 0 Å². The maximum absolute atomic E-state index is 13.6. The van der Waals surface area contributed by atoms with E-state index in [1.165, 1.54) is 6.92 Å². The molecule has 0 aromatic heterocycles. The molecule has 0 radical (unpaired) electrons. The van der Waals surface area contributed by atoms with Crippen LogP contribution in [0.5, 0.6) is 0 Å². The lowest BCUT2D eigenvalue weighted by atomic mass is 9.76. The predicted octanol–water partition coefficient (Wildman–Crippen LogP) is 5.19. The van der Waals surface area contributed by atoms with Crippen LogP contribution in [0.3, 0.4) is 0 Å². The molecule has 44 heavy (non-hydrogen) atoms. The number of esters is 4. The highest BCUT2D eigenvalue weighted by Crippen LogP contribution is 2.42. The number of halogens is 2. The first-order valence-corrected chi connectivity index (χ1v) is 15.5. The van der Waals surface area contributed by atoms with Crippen molar-refractivity contribution in [3.63, 3.8) is 0 Å². The highest BCUT2D eigenvalue weighted by Gasteiger charge is 2.53. The SMILES string of the molecule is CC(=O)OC[C@H]1O[C@@H](SC(=S)C2=C(Nc3ccc(Cl)cc3Cl)CC(C)(C)CC2=O)[C@H](OC(C)=O)[C@@H](OC(C)=O)[C@H]1OC(C)=O. The second-order valence-electron chi connectivity index (χ2n) is 11.0. The van der Waals surface area contributed by atoms with E-state index in [2.05, 4.69) is 5.32 Å². The number of nitrogens with one attached hydrogen (secondary N) is 1. The van der Waals surface area contributed by atoms with Crippen LogP contribution in [0.15, 0.2) is 29.5 Å². The van der Waals surface area contributed by atoms with Gasteiger partial charge in [-0.15, -0.1) is 0 Å². The minimum atomic E-state index is -1.37. The van der Waals surface area contributed by atoms with Crippen molar-refractivity contribution in [2.45, 2.75) is 84.2 Å². The van der Waals surface area contributed by atoms with Crippen LogP contribution >= 0.6 is 47.2 Å². The van der Waals surface area contributed by atoms with E-state index in [-0.39, 0.29) is 28.6 Å². The molecule has 0 unspecified atom stereocenters. The Kier molecular flexibility index (Phi) is 12.2. The average Bonchev–Trinajstić information content (AvgIpc) is 2.86. The monoisotopic (exact) mass is 689 g/mol. The van der Waals surface area contributed by atoms with Gasteiger partial charge in [0, 0.05) is 44.8 Å². The minimum absolute atomic E-state index is 0.0963. The number of ketones is 1. The third kappa shape index (κ3) is 9.64. The molecular formula is C29H33Cl2NO10S2. The lowest BCUT2D eigenvalue weighted by molar-refractivity contribution is -0.237. The van der Waals surface area contributed by atoms with Gasteiger partial charge in [0.05, 0.1) is 20.5 Å². The van der Waals surface area contributed by atoms with Crippen LogP contribution in [-0.4, -0.2) is 70.3 Å². The first-order chi connectivity index (χ1) is 20.5. The molecule has 1 aliphatic carbocycles. The first-order valence-electron chi connectivity index (χ1n) is 13.5. The molecule has 0 bridgehead atoms. The van der Waals surface area contributed by atoms with Gasteiger partial charge in [-0.2, -0.15) is 0 Å². The first kappa shape index (κ1) is 35.8. The van der Waals surface area contributed by atoms with Gasteiger partial charge in [0.15, 0.2) is 24.1 Å². The summed E-state index contributed by atoms with van der Waals surface area (Å²) in [7, 11) is 0. The molecule has 240 valence electrons. The number of carbonyl (C=O) groups excluding carboxylic acids is 5. The van der Waals surface area contributed by atoms with Crippen LogP contribution in [0.4, 0.5) is 5.69 Å². The molecule has 1 fully saturated rings. The fourth-order valence-electron chi connectivity index (χ4n) is 4.87. The summed E-state index contributed by atoms with van der Waals surface area (Å²) < 4.78 is 27.8. The maximum Gasteiger partial charge on any atom is 0.303 e. The van der Waals surface area contributed by atoms with Gasteiger partial charge < -0.3 is 29.0 Å². The number of Topliss-reactive ketones (excluding diaryl/α,β-unsaturated/α-hetero) is 1. The summed E-state index contributed by atoms with van der Waals surface area (Å²) in [6.07, 6.45) is -4.54. The largest absolute Gasteiger partial charge is 0.463 e. The van der Waals surface area contributed by atoms with E-state index < -0.39 is 59.1 Å². The van der Waals surface area contributed by atoms with Crippen LogP contribution in [0.25, 0.3) is 0 Å². The van der Waals surface area contributed by atoms with Gasteiger partial charge in [-0.1, -0.05) is 61.0 Å². The van der Waals surface area contributed by atoms with Crippen molar-refractivity contribution in [2.24, 2.45) is 5.41 Å². The van der Waals surface area contributed by atoms with Gasteiger partial charge in [0.1, 0.15) is 18.1 Å². The van der Waals surface area contributed by atoms with Crippen LogP contribution in [0.2, 0.25) is 10.0 Å². The van der Waals surface area contributed by atoms with Gasteiger partial charge in [-0.05, 0) is 30.0 Å². The lowest BCUT2D eigenvalue weighted by Crippen LogP contribution is -2.61. The molecule has 1 aromatic rings. The molecule has 5 atom stereocenters. The van der Waals surface area contributed by atoms with Gasteiger partial charge in [-0.3, -0.25) is 24.0 Å². The van der Waals surface area contributed by atoms with E-state index >= 15 is 0 Å². The van der Waals surface area contributed by atoms with E-state index in [0.29, 0.717) is 27.9 Å². The molecule has 15 heteroatoms. The normalized spacial score (nSPS) is 24.6. The molecule has 0 amide bonds. The summed E-state index contributed by atoms with van der Waals surface area (Å²) >= 11 is 19.1. The number of allylic oxidation sites excluding steroid dienone is 1. The Hall–Kier alpha value is -2.71. The predicted molar refractivity (Wildman–Crippen MR) is 167 cm³/mol. The number of anilines is 1. The van der Waals surface area contributed by atoms with Crippen molar-refractivity contribution in [2.75, 3.05) is 11.9 Å². The highest BCUT2D eigenvalue weighted by atomic mass is 35.5. The van der Waals surface area contributed by atoms with E-state index in [0.717, 1.165) is 32.5 Å². The van der Waals surface area contributed by atoms with E-state index in [1.54, 1.807) is 18.2 Å². The second-order valence-corrected chi connectivity index (χ2v) is 13.6. The fraction of sp³-hybridized carbons (Fsp3) is 0.517. The molecule has 3 rings (SSSR count). The minimum Gasteiger partial charge on any atom is -0.463 e. The van der Waals surface area contributed by atoms with Crippen molar-refractivity contribution in [1.29, 1.82) is 0 Å². The number of thiocarbonyl (C=S) groups is 1. The van der Waals surface area contributed by atoms with Crippen molar-refractivity contribution >= 4 is 86.7 Å². The molecule has 2 aliphatic rings. The molecule has 0 saturated carbocycles. The summed E-state index contributed by atoms with van der Waals surface area (Å²) in [6, 6.07) is 4.89. The summed E-state index contributed by atoms with van der Waals surface area (Å²) in [5, 5.41) is 4.00. The molecule has 1 saturated heterocycles. The molecular weight excluding hydrogens is 657 g/mol. The summed E-state index contributed by atoms with van der Waals surface area (Å²) in [5.41, 5.74) is -0.356. The number of rotatable bonds is 9. The highest BCUT2D eigenvalue weighted by molar-refractivity contribution is 8.24. The smallest absolute Gasteiger partial charge is 0.303 e. The molecule has 1 aromatic carbocycles. The van der Waals surface area contributed by atoms with Crippen molar-refractivity contribution in [1.82, 2.24) is 0 Å². The second kappa shape index (κ2) is 15.0. The van der Waals surface area contributed by atoms with Gasteiger partial charge in [-0.25, -0.2) is 0 Å². The standard InChI is InChI=1S/C29H33Cl2NO10S2/c1-13(33)38-12-22-24(39-14(2)34)25(40-15(3)35)26(41-16(4)36)27(42-22)44-28(43)23-20(10-29(5,6)11-21(23)37)32-19-8-7-17(30)9-18(19)31/h7-9,22,24-27,32H,10-12H2,1-6H3/t22-,24+,25+,26-,27+/m1/s1. The molecule has 11 nitrogen and oxygen atoms in total. The number of benzene rings is 1. The zero-order valence-corrected chi connectivity index (χ0v) is 28.0. The van der Waals surface area contributed by atoms with Crippen LogP contribution in [0.1, 0.15) is 54.4 Å².